The molecule has 1 aromatic heterocycles. The number of aromatic nitrogens is 2. The summed E-state index contributed by atoms with van der Waals surface area (Å²) < 4.78 is 10.7. The molecule has 1 aromatic rings. The predicted octanol–water partition coefficient (Wildman–Crippen LogP) is -0.0723. The third-order valence-corrected chi connectivity index (χ3v) is 2.50. The molecule has 0 aliphatic carbocycles. The number of anilines is 1. The molecule has 0 saturated heterocycles. The SMILES string of the molecule is CCOC(=O)CNC(=S)n1ncc(C(=O)OCC)c1N. The van der Waals surface area contributed by atoms with E-state index in [1.165, 1.54) is 6.20 Å². The predicted molar refractivity (Wildman–Crippen MR) is 75.2 cm³/mol. The van der Waals surface area contributed by atoms with Crippen LogP contribution in [0.15, 0.2) is 6.20 Å². The summed E-state index contributed by atoms with van der Waals surface area (Å²) in [5, 5.41) is 6.60. The zero-order valence-corrected chi connectivity index (χ0v) is 12.0. The first-order chi connectivity index (χ1) is 9.51. The highest BCUT2D eigenvalue weighted by atomic mass is 32.1. The molecular formula is C11H16N4O4S. The van der Waals surface area contributed by atoms with Crippen molar-refractivity contribution in [3.8, 4) is 0 Å². The average molecular weight is 300 g/mol. The Balaban J connectivity index is 2.70. The molecule has 0 amide bonds. The first-order valence-electron chi connectivity index (χ1n) is 5.95. The number of nitrogen functional groups attached to an aromatic ring is 1. The van der Waals surface area contributed by atoms with Crippen LogP contribution < -0.4 is 11.1 Å². The van der Waals surface area contributed by atoms with Gasteiger partial charge in [0.15, 0.2) is 5.11 Å². The van der Waals surface area contributed by atoms with E-state index in [0.717, 1.165) is 4.68 Å². The number of esters is 2. The van der Waals surface area contributed by atoms with E-state index in [1.54, 1.807) is 13.8 Å². The van der Waals surface area contributed by atoms with E-state index in [2.05, 4.69) is 10.4 Å². The molecule has 0 bridgehead atoms. The van der Waals surface area contributed by atoms with E-state index in [4.69, 9.17) is 27.4 Å². The molecule has 0 unspecified atom stereocenters. The van der Waals surface area contributed by atoms with E-state index in [0.29, 0.717) is 0 Å². The van der Waals surface area contributed by atoms with Crippen molar-refractivity contribution in [3.63, 3.8) is 0 Å². The summed E-state index contributed by atoms with van der Waals surface area (Å²) in [6, 6.07) is 0. The standard InChI is InChI=1S/C11H16N4O4S/c1-3-18-8(16)6-13-11(20)15-9(12)7(5-14-15)10(17)19-4-2/h5H,3-4,6,12H2,1-2H3,(H,13,20). The number of carbonyl (C=O) groups is 2. The van der Waals surface area contributed by atoms with Crippen LogP contribution in [0.4, 0.5) is 5.82 Å². The first-order valence-corrected chi connectivity index (χ1v) is 6.36. The summed E-state index contributed by atoms with van der Waals surface area (Å²) in [7, 11) is 0. The Hall–Kier alpha value is -2.16. The minimum Gasteiger partial charge on any atom is -0.465 e. The molecule has 0 aliphatic rings. The Morgan fingerprint density at radius 2 is 2.05 bits per heavy atom. The van der Waals surface area contributed by atoms with Crippen molar-refractivity contribution in [1.82, 2.24) is 15.1 Å². The van der Waals surface area contributed by atoms with Crippen LogP contribution in [0, 0.1) is 0 Å². The van der Waals surface area contributed by atoms with E-state index in [-0.39, 0.29) is 36.3 Å². The zero-order valence-electron chi connectivity index (χ0n) is 11.2. The fourth-order valence-corrected chi connectivity index (χ4v) is 1.54. The molecule has 0 atom stereocenters. The Bertz CT molecular complexity index is 515. The van der Waals surface area contributed by atoms with Crippen LogP contribution in [0.2, 0.25) is 0 Å². The fourth-order valence-electron chi connectivity index (χ4n) is 1.32. The number of thiocarbonyl (C=S) groups is 1. The van der Waals surface area contributed by atoms with Crippen molar-refractivity contribution in [2.75, 3.05) is 25.5 Å². The number of rotatable bonds is 5. The third-order valence-electron chi connectivity index (χ3n) is 2.18. The molecular weight excluding hydrogens is 284 g/mol. The number of carbonyl (C=O) groups excluding carboxylic acids is 2. The largest absolute Gasteiger partial charge is 0.465 e. The molecule has 0 aliphatic heterocycles. The van der Waals surface area contributed by atoms with Gasteiger partial charge in [-0.15, -0.1) is 0 Å². The van der Waals surface area contributed by atoms with Gasteiger partial charge in [-0.05, 0) is 26.1 Å². The Morgan fingerprint density at radius 3 is 2.65 bits per heavy atom. The topological polar surface area (TPSA) is 108 Å². The van der Waals surface area contributed by atoms with Gasteiger partial charge in [0.05, 0.1) is 19.4 Å². The Labute approximate surface area is 121 Å². The van der Waals surface area contributed by atoms with E-state index >= 15 is 0 Å². The highest BCUT2D eigenvalue weighted by Crippen LogP contribution is 2.12. The van der Waals surface area contributed by atoms with Crippen molar-refractivity contribution in [2.24, 2.45) is 0 Å². The first kappa shape index (κ1) is 15.9. The molecule has 0 radical (unpaired) electrons. The van der Waals surface area contributed by atoms with Crippen molar-refractivity contribution < 1.29 is 19.1 Å². The van der Waals surface area contributed by atoms with Crippen LogP contribution in [0.5, 0.6) is 0 Å². The minimum atomic E-state index is -0.579. The average Bonchev–Trinajstić information content (AvgIpc) is 2.78. The number of nitrogens with two attached hydrogens (primary N) is 1. The van der Waals surface area contributed by atoms with E-state index in [9.17, 15) is 9.59 Å². The summed E-state index contributed by atoms with van der Waals surface area (Å²) in [5.74, 6) is -0.986. The Morgan fingerprint density at radius 1 is 1.40 bits per heavy atom. The molecule has 0 saturated carbocycles. The molecule has 0 aromatic carbocycles. The van der Waals surface area contributed by atoms with Crippen LogP contribution in [0.3, 0.4) is 0 Å². The van der Waals surface area contributed by atoms with Crippen LogP contribution in [0.25, 0.3) is 0 Å². The van der Waals surface area contributed by atoms with Gasteiger partial charge in [0, 0.05) is 0 Å². The molecule has 110 valence electrons. The lowest BCUT2D eigenvalue weighted by Gasteiger charge is -2.09. The van der Waals surface area contributed by atoms with Gasteiger partial charge < -0.3 is 20.5 Å². The lowest BCUT2D eigenvalue weighted by atomic mass is 10.3. The van der Waals surface area contributed by atoms with Crippen molar-refractivity contribution in [1.29, 1.82) is 0 Å². The number of nitrogens with one attached hydrogen (secondary N) is 1. The van der Waals surface area contributed by atoms with Gasteiger partial charge in [0.1, 0.15) is 17.9 Å². The monoisotopic (exact) mass is 300 g/mol. The highest BCUT2D eigenvalue weighted by Gasteiger charge is 2.18. The van der Waals surface area contributed by atoms with Gasteiger partial charge in [-0.25, -0.2) is 4.79 Å². The fraction of sp³-hybridized carbons (Fsp3) is 0.455. The van der Waals surface area contributed by atoms with Gasteiger partial charge in [-0.1, -0.05) is 0 Å². The van der Waals surface area contributed by atoms with Crippen LogP contribution in [-0.2, 0) is 14.3 Å². The normalized spacial score (nSPS) is 9.90. The molecule has 9 heteroatoms. The maximum absolute atomic E-state index is 11.6. The van der Waals surface area contributed by atoms with Crippen molar-refractivity contribution >= 4 is 35.1 Å². The summed E-state index contributed by atoms with van der Waals surface area (Å²) in [6.07, 6.45) is 1.26. The molecule has 8 nitrogen and oxygen atoms in total. The van der Waals surface area contributed by atoms with Gasteiger partial charge in [0.25, 0.3) is 0 Å². The van der Waals surface area contributed by atoms with Crippen LogP contribution in [0.1, 0.15) is 24.2 Å². The van der Waals surface area contributed by atoms with Gasteiger partial charge in [-0.3, -0.25) is 4.79 Å². The second-order valence-electron chi connectivity index (χ2n) is 3.54. The van der Waals surface area contributed by atoms with Gasteiger partial charge in [-0.2, -0.15) is 9.78 Å². The molecule has 0 fully saturated rings. The number of hydrogen-bond donors (Lipinski definition) is 2. The van der Waals surface area contributed by atoms with E-state index in [1.807, 2.05) is 0 Å². The lowest BCUT2D eigenvalue weighted by Crippen LogP contribution is -2.35. The number of nitrogens with zero attached hydrogens (tertiary/aromatic N) is 2. The number of ether oxygens (including phenoxy) is 2. The quantitative estimate of drug-likeness (QED) is 0.574. The molecule has 1 rings (SSSR count). The second-order valence-corrected chi connectivity index (χ2v) is 3.93. The third kappa shape index (κ3) is 3.92. The summed E-state index contributed by atoms with van der Waals surface area (Å²) in [5.41, 5.74) is 5.87. The molecule has 1 heterocycles. The molecule has 0 spiro atoms. The lowest BCUT2D eigenvalue weighted by molar-refractivity contribution is -0.141. The Kier molecular flexibility index (Phi) is 5.91. The molecule has 20 heavy (non-hydrogen) atoms. The van der Waals surface area contributed by atoms with Gasteiger partial charge >= 0.3 is 11.9 Å². The minimum absolute atomic E-state index is 0.0461. The maximum atomic E-state index is 11.6. The van der Waals surface area contributed by atoms with Crippen LogP contribution in [-0.4, -0.2) is 46.6 Å². The van der Waals surface area contributed by atoms with Crippen molar-refractivity contribution in [2.45, 2.75) is 13.8 Å². The highest BCUT2D eigenvalue weighted by molar-refractivity contribution is 7.80. The van der Waals surface area contributed by atoms with E-state index < -0.39 is 11.9 Å². The van der Waals surface area contributed by atoms with Gasteiger partial charge in [0.2, 0.25) is 0 Å². The van der Waals surface area contributed by atoms with Crippen LogP contribution >= 0.6 is 12.2 Å². The second kappa shape index (κ2) is 7.43. The summed E-state index contributed by atoms with van der Waals surface area (Å²) in [4.78, 5) is 22.7. The smallest absolute Gasteiger partial charge is 0.343 e. The zero-order chi connectivity index (χ0) is 15.1. The summed E-state index contributed by atoms with van der Waals surface area (Å²) >= 11 is 5.02. The number of hydrogen-bond acceptors (Lipinski definition) is 7. The maximum Gasteiger partial charge on any atom is 0.343 e. The van der Waals surface area contributed by atoms with Crippen molar-refractivity contribution in [3.05, 3.63) is 11.8 Å². The summed E-state index contributed by atoms with van der Waals surface area (Å²) in [6.45, 7) is 3.79. The molecule has 3 N–H and O–H groups in total.